The van der Waals surface area contributed by atoms with Crippen molar-refractivity contribution in [3.05, 3.63) is 59.5 Å². The zero-order chi connectivity index (χ0) is 22.8. The lowest BCUT2D eigenvalue weighted by Crippen LogP contribution is -2.51. The second kappa shape index (κ2) is 9.08. The van der Waals surface area contributed by atoms with Crippen LogP contribution in [0, 0.1) is 0 Å². The average molecular weight is 454 g/mol. The van der Waals surface area contributed by atoms with Crippen LogP contribution in [0.4, 0.5) is 0 Å². The van der Waals surface area contributed by atoms with Gasteiger partial charge in [0.1, 0.15) is 10.8 Å². The van der Waals surface area contributed by atoms with Crippen molar-refractivity contribution in [1.82, 2.24) is 25.1 Å². The molecule has 2 fully saturated rings. The normalized spacial score (nSPS) is 18.2. The number of halogens is 1. The van der Waals surface area contributed by atoms with Crippen molar-refractivity contribution in [3.63, 3.8) is 0 Å². The van der Waals surface area contributed by atoms with E-state index in [2.05, 4.69) is 21.9 Å². The highest BCUT2D eigenvalue weighted by Crippen LogP contribution is 2.31. The molecule has 3 heterocycles. The van der Waals surface area contributed by atoms with Crippen molar-refractivity contribution in [3.8, 4) is 11.3 Å². The zero-order valence-corrected chi connectivity index (χ0v) is 18.5. The first-order valence-electron chi connectivity index (χ1n) is 10.5. The molecule has 3 amide bonds. The Morgan fingerprint density at radius 3 is 2.69 bits per heavy atom. The Morgan fingerprint density at radius 1 is 1.22 bits per heavy atom. The van der Waals surface area contributed by atoms with Gasteiger partial charge in [-0.05, 0) is 48.7 Å². The third-order valence-corrected chi connectivity index (χ3v) is 5.87. The Morgan fingerprint density at radius 2 is 2.00 bits per heavy atom. The summed E-state index contributed by atoms with van der Waals surface area (Å²) in [5.74, 6) is -0.484. The highest BCUT2D eigenvalue weighted by Gasteiger charge is 2.32. The van der Waals surface area contributed by atoms with Crippen LogP contribution in [0.3, 0.4) is 0 Å². The average Bonchev–Trinajstić information content (AvgIpc) is 3.61. The second-order valence-electron chi connectivity index (χ2n) is 8.00. The van der Waals surface area contributed by atoms with E-state index in [9.17, 15) is 14.4 Å². The van der Waals surface area contributed by atoms with E-state index in [-0.39, 0.29) is 35.0 Å². The topological polar surface area (TPSA) is 95.5 Å². The summed E-state index contributed by atoms with van der Waals surface area (Å²) < 4.78 is 0. The minimum Gasteiger partial charge on any atom is -0.348 e. The van der Waals surface area contributed by atoms with Crippen LogP contribution in [-0.4, -0.2) is 63.2 Å². The lowest BCUT2D eigenvalue weighted by molar-refractivity contribution is -0.139. The summed E-state index contributed by atoms with van der Waals surface area (Å²) in [6, 6.07) is 6.84. The molecule has 8 nitrogen and oxygen atoms in total. The van der Waals surface area contributed by atoms with Crippen LogP contribution in [0.25, 0.3) is 11.3 Å². The maximum atomic E-state index is 12.4. The fraction of sp³-hybridized carbons (Fsp3) is 0.348. The maximum absolute atomic E-state index is 12.4. The molecule has 1 aliphatic carbocycles. The molecule has 1 atom stereocenters. The molecule has 9 heteroatoms. The van der Waals surface area contributed by atoms with Gasteiger partial charge in [-0.2, -0.15) is 0 Å². The first-order chi connectivity index (χ1) is 15.4. The van der Waals surface area contributed by atoms with Gasteiger partial charge in [-0.25, -0.2) is 4.98 Å². The first kappa shape index (κ1) is 22.0. The number of nitrogens with one attached hydrogen (secondary N) is 1. The summed E-state index contributed by atoms with van der Waals surface area (Å²) in [7, 11) is 0. The number of hydrogen-bond donors (Lipinski definition) is 1. The van der Waals surface area contributed by atoms with Crippen LogP contribution in [0.15, 0.2) is 43.1 Å². The van der Waals surface area contributed by atoms with E-state index in [0.717, 1.165) is 18.4 Å². The number of piperazine rings is 1. The molecule has 1 saturated heterocycles. The van der Waals surface area contributed by atoms with Crippen LogP contribution in [0.2, 0.25) is 5.15 Å². The molecule has 32 heavy (non-hydrogen) atoms. The molecule has 1 N–H and O–H groups in total. The number of aromatic nitrogens is 2. The van der Waals surface area contributed by atoms with Crippen molar-refractivity contribution in [2.75, 3.05) is 19.6 Å². The smallest absolute Gasteiger partial charge is 0.270 e. The summed E-state index contributed by atoms with van der Waals surface area (Å²) in [4.78, 5) is 48.8. The standard InChI is InChI=1S/C23H24ClN5O3/c1-3-22(31)28-8-9-29(14(2)30)20(13-28)16-11-18(27-21(24)12-16)15-6-7-25-19(10-15)23(32)26-17-4-5-17/h3,6-7,10-12,17,20H,1,4-5,8-9,13H2,2H3,(H,26,32)/t20-/m0/s1. The third-order valence-electron chi connectivity index (χ3n) is 5.67. The van der Waals surface area contributed by atoms with Gasteiger partial charge in [0.25, 0.3) is 5.91 Å². The SMILES string of the molecule is C=CC(=O)N1CCN(C(C)=O)[C@H](c2cc(Cl)nc(-c3ccnc(C(=O)NC4CC4)c3)c2)C1. The monoisotopic (exact) mass is 453 g/mol. The van der Waals surface area contributed by atoms with Crippen LogP contribution >= 0.6 is 11.6 Å². The molecule has 0 aromatic carbocycles. The van der Waals surface area contributed by atoms with Crippen LogP contribution in [0.1, 0.15) is 41.9 Å². The number of nitrogens with zero attached hydrogens (tertiary/aromatic N) is 4. The molecule has 0 radical (unpaired) electrons. The van der Waals surface area contributed by atoms with Crippen molar-refractivity contribution < 1.29 is 14.4 Å². The van der Waals surface area contributed by atoms with E-state index in [0.29, 0.717) is 36.6 Å². The Bertz CT molecular complexity index is 1090. The molecule has 0 unspecified atom stereocenters. The molecule has 1 saturated carbocycles. The van der Waals surface area contributed by atoms with Gasteiger partial charge in [-0.15, -0.1) is 0 Å². The molecule has 166 valence electrons. The number of amides is 3. The van der Waals surface area contributed by atoms with E-state index >= 15 is 0 Å². The van der Waals surface area contributed by atoms with E-state index in [4.69, 9.17) is 11.6 Å². The maximum Gasteiger partial charge on any atom is 0.270 e. The summed E-state index contributed by atoms with van der Waals surface area (Å²) in [6.07, 6.45) is 4.82. The molecular weight excluding hydrogens is 430 g/mol. The quantitative estimate of drug-likeness (QED) is 0.554. The van der Waals surface area contributed by atoms with E-state index in [1.807, 2.05) is 6.07 Å². The number of hydrogen-bond acceptors (Lipinski definition) is 5. The predicted octanol–water partition coefficient (Wildman–Crippen LogP) is 2.61. The predicted molar refractivity (Wildman–Crippen MR) is 120 cm³/mol. The summed E-state index contributed by atoms with van der Waals surface area (Å²) >= 11 is 6.35. The van der Waals surface area contributed by atoms with Gasteiger partial charge in [0.05, 0.1) is 11.7 Å². The lowest BCUT2D eigenvalue weighted by Gasteiger charge is -2.41. The Balaban J connectivity index is 1.67. The lowest BCUT2D eigenvalue weighted by atomic mass is 10.0. The van der Waals surface area contributed by atoms with Crippen molar-refractivity contribution in [2.45, 2.75) is 31.8 Å². The van der Waals surface area contributed by atoms with Gasteiger partial charge >= 0.3 is 0 Å². The molecule has 2 aromatic heterocycles. The molecule has 2 aromatic rings. The summed E-state index contributed by atoms with van der Waals surface area (Å²) in [6.45, 7) is 6.25. The molecule has 0 bridgehead atoms. The highest BCUT2D eigenvalue weighted by molar-refractivity contribution is 6.29. The van der Waals surface area contributed by atoms with Gasteiger partial charge in [0, 0.05) is 44.4 Å². The highest BCUT2D eigenvalue weighted by atomic mass is 35.5. The fourth-order valence-corrected chi connectivity index (χ4v) is 4.05. The van der Waals surface area contributed by atoms with Crippen molar-refractivity contribution >= 4 is 29.3 Å². The van der Waals surface area contributed by atoms with E-state index in [1.54, 1.807) is 34.2 Å². The number of carbonyl (C=O) groups excluding carboxylic acids is 3. The van der Waals surface area contributed by atoms with Gasteiger partial charge in [-0.1, -0.05) is 18.2 Å². The molecule has 2 aliphatic rings. The second-order valence-corrected chi connectivity index (χ2v) is 8.39. The fourth-order valence-electron chi connectivity index (χ4n) is 3.83. The number of carbonyl (C=O) groups is 3. The van der Waals surface area contributed by atoms with Gasteiger partial charge in [-0.3, -0.25) is 19.4 Å². The Hall–Kier alpha value is -3.26. The van der Waals surface area contributed by atoms with Gasteiger partial charge < -0.3 is 15.1 Å². The van der Waals surface area contributed by atoms with Crippen LogP contribution in [-0.2, 0) is 9.59 Å². The minimum atomic E-state index is -0.371. The van der Waals surface area contributed by atoms with Crippen molar-refractivity contribution in [2.24, 2.45) is 0 Å². The number of rotatable bonds is 5. The van der Waals surface area contributed by atoms with E-state index in [1.165, 1.54) is 13.0 Å². The van der Waals surface area contributed by atoms with Gasteiger partial charge in [0.2, 0.25) is 11.8 Å². The van der Waals surface area contributed by atoms with Crippen LogP contribution < -0.4 is 5.32 Å². The van der Waals surface area contributed by atoms with E-state index < -0.39 is 0 Å². The zero-order valence-electron chi connectivity index (χ0n) is 17.8. The molecule has 0 spiro atoms. The molecule has 1 aliphatic heterocycles. The largest absolute Gasteiger partial charge is 0.348 e. The van der Waals surface area contributed by atoms with Crippen molar-refractivity contribution in [1.29, 1.82) is 0 Å². The van der Waals surface area contributed by atoms with Crippen LogP contribution in [0.5, 0.6) is 0 Å². The molecule has 4 rings (SSSR count). The minimum absolute atomic E-state index is 0.0851. The third kappa shape index (κ3) is 4.80. The number of pyridine rings is 2. The summed E-state index contributed by atoms with van der Waals surface area (Å²) in [5.41, 5.74) is 2.32. The summed E-state index contributed by atoms with van der Waals surface area (Å²) in [5, 5.41) is 3.18. The van der Waals surface area contributed by atoms with Gasteiger partial charge in [0.15, 0.2) is 0 Å². The molecular formula is C23H24ClN5O3. The first-order valence-corrected chi connectivity index (χ1v) is 10.9. The Labute approximate surface area is 191 Å². The Kier molecular flexibility index (Phi) is 6.23.